The van der Waals surface area contributed by atoms with Gasteiger partial charge >= 0.3 is 0 Å². The summed E-state index contributed by atoms with van der Waals surface area (Å²) in [6, 6.07) is 9.61. The molecule has 0 aliphatic carbocycles. The predicted molar refractivity (Wildman–Crippen MR) is 75.5 cm³/mol. The van der Waals surface area contributed by atoms with E-state index in [1.165, 1.54) is 12.1 Å². The highest BCUT2D eigenvalue weighted by atomic mass is 19.1. The molecule has 0 spiro atoms. The third kappa shape index (κ3) is 2.80. The zero-order valence-corrected chi connectivity index (χ0v) is 11.3. The van der Waals surface area contributed by atoms with E-state index in [0.717, 1.165) is 11.1 Å². The van der Waals surface area contributed by atoms with Crippen LogP contribution in [0.1, 0.15) is 18.9 Å². The van der Waals surface area contributed by atoms with Gasteiger partial charge in [0.15, 0.2) is 0 Å². The first-order valence-corrected chi connectivity index (χ1v) is 6.45. The van der Waals surface area contributed by atoms with Gasteiger partial charge in [0.05, 0.1) is 6.04 Å². The monoisotopic (exact) mass is 284 g/mol. The second-order valence-electron chi connectivity index (χ2n) is 4.69. The molecular weight excluding hydrogens is 271 g/mol. The molecule has 3 rings (SSSR count). The number of halogens is 1. The summed E-state index contributed by atoms with van der Waals surface area (Å²) in [4.78, 5) is 8.45. The van der Waals surface area contributed by atoms with E-state index in [1.807, 2.05) is 12.1 Å². The van der Waals surface area contributed by atoms with Crippen molar-refractivity contribution in [1.29, 1.82) is 0 Å². The number of pyridine rings is 1. The molecule has 6 heteroatoms. The zero-order valence-electron chi connectivity index (χ0n) is 11.3. The van der Waals surface area contributed by atoms with Crippen LogP contribution in [-0.2, 0) is 0 Å². The molecule has 0 saturated carbocycles. The van der Waals surface area contributed by atoms with Gasteiger partial charge < -0.3 is 10.3 Å². The maximum Gasteiger partial charge on any atom is 0.243 e. The number of hydrogen-bond donors (Lipinski definition) is 1. The van der Waals surface area contributed by atoms with Crippen molar-refractivity contribution in [3.63, 3.8) is 0 Å². The number of benzene rings is 1. The van der Waals surface area contributed by atoms with Crippen LogP contribution in [0.2, 0.25) is 0 Å². The van der Waals surface area contributed by atoms with Crippen LogP contribution in [-0.4, -0.2) is 15.1 Å². The summed E-state index contributed by atoms with van der Waals surface area (Å²) in [6.45, 7) is 1.76. The molecule has 2 aromatic heterocycles. The van der Waals surface area contributed by atoms with Gasteiger partial charge in [-0.15, -0.1) is 0 Å². The first kappa shape index (κ1) is 13.4. The Morgan fingerprint density at radius 3 is 2.67 bits per heavy atom. The van der Waals surface area contributed by atoms with Gasteiger partial charge in [0, 0.05) is 11.8 Å². The van der Waals surface area contributed by atoms with Crippen LogP contribution in [0.4, 0.5) is 4.39 Å². The van der Waals surface area contributed by atoms with Gasteiger partial charge in [0.25, 0.3) is 0 Å². The summed E-state index contributed by atoms with van der Waals surface area (Å²) in [5.41, 5.74) is 7.82. The number of nitrogens with two attached hydrogens (primary N) is 1. The highest BCUT2D eigenvalue weighted by molar-refractivity contribution is 5.64. The molecule has 0 aliphatic heterocycles. The summed E-state index contributed by atoms with van der Waals surface area (Å²) in [6.07, 6.45) is 1.64. The van der Waals surface area contributed by atoms with E-state index in [1.54, 1.807) is 25.3 Å². The topological polar surface area (TPSA) is 77.8 Å². The first-order valence-electron chi connectivity index (χ1n) is 6.45. The minimum absolute atomic E-state index is 0.281. The van der Waals surface area contributed by atoms with Crippen molar-refractivity contribution in [2.45, 2.75) is 13.0 Å². The molecule has 1 aromatic carbocycles. The van der Waals surface area contributed by atoms with E-state index in [9.17, 15) is 4.39 Å². The Labute approximate surface area is 120 Å². The highest BCUT2D eigenvalue weighted by Gasteiger charge is 2.12. The molecule has 106 valence electrons. The molecule has 3 aromatic rings. The highest BCUT2D eigenvalue weighted by Crippen LogP contribution is 2.22. The maximum absolute atomic E-state index is 13.2. The third-order valence-corrected chi connectivity index (χ3v) is 2.98. The van der Waals surface area contributed by atoms with E-state index < -0.39 is 0 Å². The second kappa shape index (κ2) is 5.41. The van der Waals surface area contributed by atoms with Crippen LogP contribution < -0.4 is 5.73 Å². The SMILES string of the molecule is CC(N)c1nc(-c2ccc(-c3cccc(F)c3)cn2)no1. The lowest BCUT2D eigenvalue weighted by Gasteiger charge is -2.01. The Morgan fingerprint density at radius 1 is 1.19 bits per heavy atom. The van der Waals surface area contributed by atoms with E-state index in [-0.39, 0.29) is 11.9 Å². The van der Waals surface area contributed by atoms with Gasteiger partial charge in [-0.05, 0) is 30.7 Å². The fourth-order valence-corrected chi connectivity index (χ4v) is 1.89. The Balaban J connectivity index is 1.90. The van der Waals surface area contributed by atoms with Crippen molar-refractivity contribution in [1.82, 2.24) is 15.1 Å². The normalized spacial score (nSPS) is 12.3. The molecule has 0 bridgehead atoms. The fraction of sp³-hybridized carbons (Fsp3) is 0.133. The van der Waals surface area contributed by atoms with Crippen molar-refractivity contribution >= 4 is 0 Å². The third-order valence-electron chi connectivity index (χ3n) is 2.98. The molecule has 21 heavy (non-hydrogen) atoms. The summed E-state index contributed by atoms with van der Waals surface area (Å²) >= 11 is 0. The van der Waals surface area contributed by atoms with Crippen LogP contribution in [0, 0.1) is 5.82 Å². The molecule has 1 unspecified atom stereocenters. The van der Waals surface area contributed by atoms with Crippen LogP contribution in [0.25, 0.3) is 22.6 Å². The van der Waals surface area contributed by atoms with Crippen molar-refractivity contribution in [3.8, 4) is 22.6 Å². The number of rotatable bonds is 3. The standard InChI is InChI=1S/C15H13FN4O/c1-9(17)15-19-14(20-21-15)13-6-5-11(8-18-13)10-3-2-4-12(16)7-10/h2-9H,17H2,1H3. The quantitative estimate of drug-likeness (QED) is 0.800. The largest absolute Gasteiger partial charge is 0.337 e. The molecule has 5 nitrogen and oxygen atoms in total. The van der Waals surface area contributed by atoms with Crippen LogP contribution in [0.5, 0.6) is 0 Å². The second-order valence-corrected chi connectivity index (χ2v) is 4.69. The molecule has 0 radical (unpaired) electrons. The van der Waals surface area contributed by atoms with Crippen LogP contribution >= 0.6 is 0 Å². The van der Waals surface area contributed by atoms with E-state index in [4.69, 9.17) is 10.3 Å². The maximum atomic E-state index is 13.2. The van der Waals surface area contributed by atoms with Gasteiger partial charge in [-0.1, -0.05) is 23.4 Å². The van der Waals surface area contributed by atoms with Crippen LogP contribution in [0.3, 0.4) is 0 Å². The summed E-state index contributed by atoms with van der Waals surface area (Å²) in [5.74, 6) is 0.463. The molecule has 0 amide bonds. The fourth-order valence-electron chi connectivity index (χ4n) is 1.89. The van der Waals surface area contributed by atoms with Gasteiger partial charge in [0.1, 0.15) is 11.5 Å². The Bertz CT molecular complexity index is 752. The summed E-state index contributed by atoms with van der Waals surface area (Å²) in [7, 11) is 0. The molecule has 0 aliphatic rings. The van der Waals surface area contributed by atoms with Crippen molar-refractivity contribution in [2.24, 2.45) is 5.73 Å². The lowest BCUT2D eigenvalue weighted by atomic mass is 10.1. The summed E-state index contributed by atoms with van der Waals surface area (Å²) < 4.78 is 18.2. The van der Waals surface area contributed by atoms with Crippen molar-refractivity contribution < 1.29 is 8.91 Å². The van der Waals surface area contributed by atoms with Crippen LogP contribution in [0.15, 0.2) is 47.1 Å². The average molecular weight is 284 g/mol. The van der Waals surface area contributed by atoms with Gasteiger partial charge in [0.2, 0.25) is 11.7 Å². The summed E-state index contributed by atoms with van der Waals surface area (Å²) in [5, 5.41) is 3.84. The van der Waals surface area contributed by atoms with E-state index in [2.05, 4.69) is 15.1 Å². The van der Waals surface area contributed by atoms with Gasteiger partial charge in [-0.3, -0.25) is 4.98 Å². The Kier molecular flexibility index (Phi) is 3.45. The minimum atomic E-state index is -0.321. The lowest BCUT2D eigenvalue weighted by Crippen LogP contribution is -2.04. The number of nitrogens with zero attached hydrogens (tertiary/aromatic N) is 3. The molecule has 0 fully saturated rings. The smallest absolute Gasteiger partial charge is 0.243 e. The van der Waals surface area contributed by atoms with Crippen molar-refractivity contribution in [2.75, 3.05) is 0 Å². The zero-order chi connectivity index (χ0) is 14.8. The van der Waals surface area contributed by atoms with Gasteiger partial charge in [-0.2, -0.15) is 4.98 Å². The molecular formula is C15H13FN4O. The average Bonchev–Trinajstić information content (AvgIpc) is 2.97. The van der Waals surface area contributed by atoms with E-state index in [0.29, 0.717) is 17.4 Å². The molecule has 1 atom stereocenters. The Hall–Kier alpha value is -2.60. The number of aromatic nitrogens is 3. The number of hydrogen-bond acceptors (Lipinski definition) is 5. The van der Waals surface area contributed by atoms with Crippen molar-refractivity contribution in [3.05, 3.63) is 54.3 Å². The molecule has 2 N–H and O–H groups in total. The minimum Gasteiger partial charge on any atom is -0.337 e. The predicted octanol–water partition coefficient (Wildman–Crippen LogP) is 2.96. The van der Waals surface area contributed by atoms with Gasteiger partial charge in [-0.25, -0.2) is 4.39 Å². The molecule has 0 saturated heterocycles. The molecule has 2 heterocycles. The lowest BCUT2D eigenvalue weighted by molar-refractivity contribution is 0.362. The van der Waals surface area contributed by atoms with E-state index >= 15 is 0 Å². The Morgan fingerprint density at radius 2 is 2.05 bits per heavy atom. The first-order chi connectivity index (χ1) is 10.1.